The van der Waals surface area contributed by atoms with Crippen molar-refractivity contribution in [2.75, 3.05) is 74.9 Å². The number of hydrogen-bond donors (Lipinski definition) is 4. The van der Waals surface area contributed by atoms with Gasteiger partial charge in [0.2, 0.25) is 33.7 Å². The topological polar surface area (TPSA) is 235 Å². The molecule has 8 atom stereocenters. The number of carbonyl (C=O) groups is 5. The average molecular weight is 910 g/mol. The first kappa shape index (κ1) is 54.8. The van der Waals surface area contributed by atoms with Gasteiger partial charge in [-0.15, -0.1) is 0 Å². The molecule has 1 aliphatic rings. The summed E-state index contributed by atoms with van der Waals surface area (Å²) in [5.74, 6) is 1.61. The summed E-state index contributed by atoms with van der Waals surface area (Å²) in [5, 5.41) is 5.21. The molecule has 63 heavy (non-hydrogen) atoms. The Hall–Kier alpha value is -4.37. The highest BCUT2D eigenvalue weighted by molar-refractivity contribution is 7.90. The van der Waals surface area contributed by atoms with E-state index >= 15 is 0 Å². The summed E-state index contributed by atoms with van der Waals surface area (Å²) >= 11 is 0. The van der Waals surface area contributed by atoms with Gasteiger partial charge in [-0.2, -0.15) is 0 Å². The van der Waals surface area contributed by atoms with E-state index in [1.54, 1.807) is 61.2 Å². The quantitative estimate of drug-likeness (QED) is 0.0465. The zero-order chi connectivity index (χ0) is 47.6. The monoisotopic (exact) mass is 910 g/mol. The molecule has 1 fully saturated rings. The van der Waals surface area contributed by atoms with E-state index in [-0.39, 0.29) is 56.1 Å². The molecule has 1 saturated heterocycles. The highest BCUT2D eigenvalue weighted by Crippen LogP contribution is 2.30. The fraction of sp³-hybridized carbons (Fsp3) is 0.721. The van der Waals surface area contributed by atoms with Crippen LogP contribution in [0.4, 0.5) is 0 Å². The molecule has 1 aliphatic heterocycles. The summed E-state index contributed by atoms with van der Waals surface area (Å²) in [4.78, 5) is 84.1. The lowest BCUT2D eigenvalue weighted by atomic mass is 9.89. The lowest BCUT2D eigenvalue weighted by Gasteiger charge is -2.40. The van der Waals surface area contributed by atoms with Crippen molar-refractivity contribution in [3.63, 3.8) is 0 Å². The van der Waals surface area contributed by atoms with Crippen molar-refractivity contribution in [1.29, 1.82) is 0 Å². The lowest BCUT2D eigenvalue weighted by molar-refractivity contribution is -0.146. The minimum absolute atomic E-state index is 0.00141. The number of guanidine groups is 1. The van der Waals surface area contributed by atoms with Crippen LogP contribution >= 0.6 is 0 Å². The molecule has 5 N–H and O–H groups in total. The van der Waals surface area contributed by atoms with Crippen LogP contribution in [0.3, 0.4) is 0 Å². The largest absolute Gasteiger partial charge is 0.379 e. The Morgan fingerprint density at radius 3 is 2.13 bits per heavy atom. The number of carbonyl (C=O) groups excluding carboxylic acids is 5. The van der Waals surface area contributed by atoms with E-state index in [0.29, 0.717) is 30.9 Å². The van der Waals surface area contributed by atoms with E-state index in [1.807, 2.05) is 65.7 Å². The van der Waals surface area contributed by atoms with Crippen molar-refractivity contribution in [2.24, 2.45) is 28.6 Å². The number of ether oxygens (including phenoxy) is 2. The van der Waals surface area contributed by atoms with Crippen molar-refractivity contribution in [3.8, 4) is 0 Å². The molecule has 0 saturated carbocycles. The SMILES string of the molecule is CC[C@H](C)[C@@H]([C@H](CC(=O)N1CCC[C@H]1[C@H](OC)[C@@H](C)C(=O)N[C@@H](Cc1ccccc1)C(=O)NS(=O)(=O)CCCNC(=O)CON)OC)N(C)C(=O)[C@@H](N=C(N(C)C)N(C)C)C(C)C. The van der Waals surface area contributed by atoms with Gasteiger partial charge in [-0.3, -0.25) is 33.5 Å². The minimum Gasteiger partial charge on any atom is -0.379 e. The molecule has 20 heteroatoms. The van der Waals surface area contributed by atoms with Crippen molar-refractivity contribution in [2.45, 2.75) is 110 Å². The molecule has 0 aliphatic carbocycles. The zero-order valence-corrected chi connectivity index (χ0v) is 40.3. The molecule has 5 amide bonds. The number of nitrogens with zero attached hydrogens (tertiary/aromatic N) is 5. The number of benzene rings is 1. The number of rotatable bonds is 25. The van der Waals surface area contributed by atoms with Gasteiger partial charge < -0.3 is 39.7 Å². The van der Waals surface area contributed by atoms with Crippen molar-refractivity contribution in [3.05, 3.63) is 35.9 Å². The predicted octanol–water partition coefficient (Wildman–Crippen LogP) is 0.981. The Balaban J connectivity index is 2.31. The molecule has 1 aromatic rings. The fourth-order valence-electron chi connectivity index (χ4n) is 8.01. The third-order valence-electron chi connectivity index (χ3n) is 11.5. The van der Waals surface area contributed by atoms with Crippen LogP contribution in [-0.2, 0) is 54.7 Å². The zero-order valence-electron chi connectivity index (χ0n) is 39.5. The molecular formula is C43H75N9O10S. The molecule has 2 rings (SSSR count). The van der Waals surface area contributed by atoms with E-state index in [2.05, 4.69) is 20.2 Å². The van der Waals surface area contributed by atoms with E-state index in [0.717, 1.165) is 6.42 Å². The standard InChI is InChI=1S/C43H75N9O10S/c1-13-29(4)38(51(10)42(57)37(28(2)3)47-43(49(6)7)50(8)9)34(60-11)26-36(54)52-23-17-21-33(52)39(61-12)30(5)40(55)46-32(25-31-19-15-14-16-20-31)41(56)48-63(58,59)24-18-22-45-35(53)27-62-44/h14-16,19-20,28-30,32-34,37-39H,13,17-18,21-27,44H2,1-12H3,(H,45,53)(H,46,55)(H,48,56)/t29-,30+,32-,33-,34-,37-,38-,39+/m0/s1. The van der Waals surface area contributed by atoms with Gasteiger partial charge >= 0.3 is 0 Å². The normalized spacial score (nSPS) is 17.4. The Labute approximate surface area is 375 Å². The first-order valence-corrected chi connectivity index (χ1v) is 23.3. The molecule has 1 aromatic carbocycles. The van der Waals surface area contributed by atoms with Gasteiger partial charge in [-0.05, 0) is 36.7 Å². The minimum atomic E-state index is -4.16. The van der Waals surface area contributed by atoms with Crippen LogP contribution in [-0.4, -0.2) is 175 Å². The van der Waals surface area contributed by atoms with Crippen LogP contribution in [0.2, 0.25) is 0 Å². The molecule has 1 heterocycles. The molecule has 0 spiro atoms. The molecule has 358 valence electrons. The Morgan fingerprint density at radius 1 is 0.952 bits per heavy atom. The van der Waals surface area contributed by atoms with Gasteiger partial charge in [0.1, 0.15) is 18.7 Å². The van der Waals surface area contributed by atoms with E-state index in [4.69, 9.17) is 20.4 Å². The average Bonchev–Trinajstić information content (AvgIpc) is 3.71. The fourth-order valence-corrected chi connectivity index (χ4v) is 9.09. The Morgan fingerprint density at radius 2 is 1.59 bits per heavy atom. The van der Waals surface area contributed by atoms with Crippen LogP contribution in [0.1, 0.15) is 72.3 Å². The summed E-state index contributed by atoms with van der Waals surface area (Å²) in [6.07, 6.45) is 0.429. The molecule has 0 radical (unpaired) electrons. The van der Waals surface area contributed by atoms with Gasteiger partial charge in [0.25, 0.3) is 5.91 Å². The second kappa shape index (κ2) is 26.4. The number of amides is 5. The molecule has 0 aromatic heterocycles. The number of nitrogens with one attached hydrogen (secondary N) is 3. The maximum atomic E-state index is 14.4. The summed E-state index contributed by atoms with van der Waals surface area (Å²) in [6, 6.07) is 5.91. The van der Waals surface area contributed by atoms with Crippen molar-refractivity contribution in [1.82, 2.24) is 35.0 Å². The van der Waals surface area contributed by atoms with Crippen LogP contribution in [0, 0.1) is 17.8 Å². The van der Waals surface area contributed by atoms with Crippen molar-refractivity contribution < 1.29 is 46.7 Å². The van der Waals surface area contributed by atoms with Gasteiger partial charge in [-0.1, -0.05) is 71.4 Å². The molecule has 19 nitrogen and oxygen atoms in total. The third kappa shape index (κ3) is 16.6. The number of aliphatic imine (C=N–C) groups is 1. The number of sulfonamides is 1. The van der Waals surface area contributed by atoms with E-state index in [9.17, 15) is 32.4 Å². The second-order valence-corrected chi connectivity index (χ2v) is 18.9. The number of methoxy groups -OCH3 is 2. The van der Waals surface area contributed by atoms with Crippen LogP contribution in [0.15, 0.2) is 35.3 Å². The number of likely N-dealkylation sites (N-methyl/N-ethyl adjacent to an activating group) is 1. The van der Waals surface area contributed by atoms with Gasteiger partial charge in [-0.25, -0.2) is 19.3 Å². The Kier molecular flexibility index (Phi) is 23.0. The summed E-state index contributed by atoms with van der Waals surface area (Å²) in [6.45, 7) is 9.66. The van der Waals surface area contributed by atoms with E-state index in [1.165, 1.54) is 7.11 Å². The lowest BCUT2D eigenvalue weighted by Crippen LogP contribution is -2.56. The van der Waals surface area contributed by atoms with Crippen LogP contribution in [0.25, 0.3) is 0 Å². The van der Waals surface area contributed by atoms with Gasteiger partial charge in [0.15, 0.2) is 5.96 Å². The maximum absolute atomic E-state index is 14.4. The van der Waals surface area contributed by atoms with Crippen LogP contribution < -0.4 is 21.3 Å². The molecular weight excluding hydrogens is 835 g/mol. The summed E-state index contributed by atoms with van der Waals surface area (Å²) in [7, 11) is 8.09. The van der Waals surface area contributed by atoms with Crippen molar-refractivity contribution >= 4 is 45.5 Å². The van der Waals surface area contributed by atoms with Gasteiger partial charge in [0.05, 0.1) is 42.4 Å². The maximum Gasteiger partial charge on any atom is 0.256 e. The Bertz CT molecular complexity index is 1760. The smallest absolute Gasteiger partial charge is 0.256 e. The van der Waals surface area contributed by atoms with Gasteiger partial charge in [0, 0.05) is 69.0 Å². The highest BCUT2D eigenvalue weighted by atomic mass is 32.2. The number of likely N-dealkylation sites (tertiary alicyclic amines) is 1. The summed E-state index contributed by atoms with van der Waals surface area (Å²) in [5.41, 5.74) is 0.679. The number of nitrogens with two attached hydrogens (primary N) is 1. The highest BCUT2D eigenvalue weighted by Gasteiger charge is 2.43. The third-order valence-corrected chi connectivity index (χ3v) is 12.8. The molecule has 0 bridgehead atoms. The predicted molar refractivity (Wildman–Crippen MR) is 241 cm³/mol. The first-order chi connectivity index (χ1) is 29.6. The van der Waals surface area contributed by atoms with Crippen LogP contribution in [0.5, 0.6) is 0 Å². The van der Waals surface area contributed by atoms with E-state index < -0.39 is 75.8 Å². The first-order valence-electron chi connectivity index (χ1n) is 21.6. The second-order valence-electron chi connectivity index (χ2n) is 17.0. The molecule has 0 unspecified atom stereocenters. The summed E-state index contributed by atoms with van der Waals surface area (Å²) < 4.78 is 39.9. The number of hydrogen-bond acceptors (Lipinski definition) is 12.